The number of unbranched alkanes of at least 4 members (excludes halogenated alkanes) is 1. The molecular weight excluding hydrogens is 903 g/mol. The second-order valence-electron chi connectivity index (χ2n) is 18.0. The predicted octanol–water partition coefficient (Wildman–Crippen LogP) is 8.03. The third-order valence-electron chi connectivity index (χ3n) is 11.7. The van der Waals surface area contributed by atoms with Crippen molar-refractivity contribution in [1.82, 2.24) is 21.3 Å². The van der Waals surface area contributed by atoms with Gasteiger partial charge in [-0.2, -0.15) is 0 Å². The lowest BCUT2D eigenvalue weighted by Gasteiger charge is -2.26. The SMILES string of the molecule is CCc1cc(OC)ccc1-c1ccc(C[C@H](N)C(=O)N[C@@H](CCCc2ccc(OCCCCNC(=O)OC(C)(C)C)cc2)C(=O)NC(c2ccc(OCC(=O)NC)cc2)c2ccc(OC)cc2OC)cc1. The first kappa shape index (κ1) is 54.7. The third kappa shape index (κ3) is 17.3. The number of alkyl carbamates (subject to hydrolysis) is 1. The van der Waals surface area contributed by atoms with Crippen LogP contribution in [-0.2, 0) is 38.4 Å². The summed E-state index contributed by atoms with van der Waals surface area (Å²) >= 11 is 0. The fourth-order valence-corrected chi connectivity index (χ4v) is 7.79. The van der Waals surface area contributed by atoms with E-state index in [1.165, 1.54) is 7.05 Å². The van der Waals surface area contributed by atoms with Crippen molar-refractivity contribution < 1.29 is 47.6 Å². The molecule has 0 fully saturated rings. The van der Waals surface area contributed by atoms with Crippen LogP contribution in [0.2, 0.25) is 0 Å². The second kappa shape index (κ2) is 27.2. The van der Waals surface area contributed by atoms with Gasteiger partial charge in [-0.25, -0.2) is 4.79 Å². The number of rotatable bonds is 26. The smallest absolute Gasteiger partial charge is 0.407 e. The van der Waals surface area contributed by atoms with Crippen LogP contribution in [-0.4, -0.2) is 89.6 Å². The van der Waals surface area contributed by atoms with Crippen molar-refractivity contribution in [2.45, 2.75) is 96.4 Å². The number of carbonyl (C=O) groups is 4. The molecule has 71 heavy (non-hydrogen) atoms. The number of ether oxygens (including phenoxy) is 6. The minimum absolute atomic E-state index is 0.156. The Morgan fingerprint density at radius 3 is 1.96 bits per heavy atom. The minimum atomic E-state index is -0.965. The van der Waals surface area contributed by atoms with Crippen LogP contribution < -0.4 is 50.7 Å². The Hall–Kier alpha value is -7.26. The largest absolute Gasteiger partial charge is 0.497 e. The van der Waals surface area contributed by atoms with E-state index >= 15 is 0 Å². The highest BCUT2D eigenvalue weighted by atomic mass is 16.6. The van der Waals surface area contributed by atoms with E-state index in [1.807, 2.05) is 87.5 Å². The number of benzene rings is 5. The average molecular weight is 974 g/mol. The topological polar surface area (TPSA) is 198 Å². The molecule has 15 heteroatoms. The van der Waals surface area contributed by atoms with E-state index in [4.69, 9.17) is 34.2 Å². The maximum absolute atomic E-state index is 14.7. The summed E-state index contributed by atoms with van der Waals surface area (Å²) in [6.07, 6.45) is 3.62. The van der Waals surface area contributed by atoms with Crippen molar-refractivity contribution in [2.75, 3.05) is 48.1 Å². The molecule has 0 aromatic heterocycles. The Kier molecular flexibility index (Phi) is 21.0. The first-order valence-electron chi connectivity index (χ1n) is 24.1. The van der Waals surface area contributed by atoms with E-state index in [9.17, 15) is 19.2 Å². The molecule has 15 nitrogen and oxygen atoms in total. The number of methoxy groups -OCH3 is 3. The number of nitrogens with two attached hydrogens (primary N) is 1. The number of likely N-dealkylation sites (N-methyl/N-ethyl adjacent to an activating group) is 1. The highest BCUT2D eigenvalue weighted by Gasteiger charge is 2.29. The van der Waals surface area contributed by atoms with Crippen LogP contribution in [0.4, 0.5) is 4.79 Å². The first-order valence-corrected chi connectivity index (χ1v) is 24.1. The Balaban J connectivity index is 1.30. The maximum Gasteiger partial charge on any atom is 0.407 e. The molecular formula is C56H71N5O10. The van der Waals surface area contributed by atoms with Gasteiger partial charge in [0.15, 0.2) is 6.61 Å². The first-order chi connectivity index (χ1) is 34.1. The molecule has 0 saturated carbocycles. The average Bonchev–Trinajstić information content (AvgIpc) is 3.37. The van der Waals surface area contributed by atoms with Gasteiger partial charge in [-0.3, -0.25) is 14.4 Å². The van der Waals surface area contributed by atoms with Gasteiger partial charge in [-0.1, -0.05) is 61.5 Å². The van der Waals surface area contributed by atoms with E-state index < -0.39 is 41.6 Å². The molecule has 0 aliphatic rings. The number of hydrogen-bond acceptors (Lipinski definition) is 11. The quantitative estimate of drug-likeness (QED) is 0.0337. The zero-order chi connectivity index (χ0) is 51.3. The van der Waals surface area contributed by atoms with Crippen molar-refractivity contribution in [1.29, 1.82) is 0 Å². The van der Waals surface area contributed by atoms with Crippen LogP contribution in [0.5, 0.6) is 28.7 Å². The maximum atomic E-state index is 14.7. The zero-order valence-corrected chi connectivity index (χ0v) is 42.4. The van der Waals surface area contributed by atoms with Gasteiger partial charge >= 0.3 is 6.09 Å². The number of carbonyl (C=O) groups excluding carboxylic acids is 4. The van der Waals surface area contributed by atoms with Crippen molar-refractivity contribution in [3.8, 4) is 39.9 Å². The van der Waals surface area contributed by atoms with E-state index in [0.29, 0.717) is 60.8 Å². The van der Waals surface area contributed by atoms with Crippen molar-refractivity contribution in [3.63, 3.8) is 0 Å². The molecule has 5 rings (SSSR count). The molecule has 0 aliphatic heterocycles. The lowest BCUT2D eigenvalue weighted by molar-refractivity contribution is -0.130. The van der Waals surface area contributed by atoms with E-state index in [-0.39, 0.29) is 18.9 Å². The number of nitrogens with one attached hydrogen (secondary N) is 4. The third-order valence-corrected chi connectivity index (χ3v) is 11.7. The summed E-state index contributed by atoms with van der Waals surface area (Å²) in [5, 5.41) is 11.5. The Morgan fingerprint density at radius 1 is 0.676 bits per heavy atom. The molecule has 380 valence electrons. The molecule has 0 radical (unpaired) electrons. The van der Waals surface area contributed by atoms with Gasteiger partial charge in [0.25, 0.3) is 5.91 Å². The van der Waals surface area contributed by atoms with E-state index in [1.54, 1.807) is 57.7 Å². The minimum Gasteiger partial charge on any atom is -0.497 e. The molecule has 1 unspecified atom stereocenters. The Labute approximate surface area is 418 Å². The van der Waals surface area contributed by atoms with Crippen LogP contribution in [0.15, 0.2) is 109 Å². The van der Waals surface area contributed by atoms with Gasteiger partial charge in [-0.05, 0) is 148 Å². The predicted molar refractivity (Wildman–Crippen MR) is 275 cm³/mol. The summed E-state index contributed by atoms with van der Waals surface area (Å²) in [7, 11) is 6.29. The number of amides is 4. The highest BCUT2D eigenvalue weighted by Crippen LogP contribution is 2.34. The molecule has 3 atom stereocenters. The highest BCUT2D eigenvalue weighted by molar-refractivity contribution is 5.90. The van der Waals surface area contributed by atoms with Crippen molar-refractivity contribution >= 4 is 23.8 Å². The molecule has 5 aromatic carbocycles. The van der Waals surface area contributed by atoms with Gasteiger partial charge in [0.05, 0.1) is 40.0 Å². The summed E-state index contributed by atoms with van der Waals surface area (Å²) in [4.78, 5) is 52.5. The molecule has 4 amide bonds. The monoisotopic (exact) mass is 974 g/mol. The molecule has 5 aromatic rings. The van der Waals surface area contributed by atoms with Crippen molar-refractivity contribution in [2.24, 2.45) is 5.73 Å². The fraction of sp³-hybridized carbons (Fsp3) is 0.393. The standard InChI is InChI=1S/C56H71N5O10/c1-9-39-34-44(66-6)27-29-46(39)40-19-15-38(16-20-40)33-48(57)53(63)60-49(14-12-13-37-17-23-42(24-18-37)69-32-11-10-31-59-55(65)71-56(2,3)4)54(64)61-52(47-30-28-45(67-7)35-50(47)68-8)41-21-25-43(26-22-41)70-36-51(62)58-5/h15-30,34-35,48-49,52H,9-14,31-33,36,57H2,1-8H3,(H,58,62)(H,59,65)(H,60,63)(H,61,64)/t48-,49-,52?/m0/s1. The van der Waals surface area contributed by atoms with Gasteiger partial charge in [0.1, 0.15) is 40.4 Å². The normalized spacial score (nSPS) is 12.4. The molecule has 6 N–H and O–H groups in total. The van der Waals surface area contributed by atoms with Crippen LogP contribution in [0, 0.1) is 0 Å². The summed E-state index contributed by atoms with van der Waals surface area (Å²) in [6, 6.07) is 31.6. The lowest BCUT2D eigenvalue weighted by atomic mass is 9.95. The van der Waals surface area contributed by atoms with Gasteiger partial charge in [0, 0.05) is 25.2 Å². The van der Waals surface area contributed by atoms with Crippen LogP contribution >= 0.6 is 0 Å². The fourth-order valence-electron chi connectivity index (χ4n) is 7.79. The van der Waals surface area contributed by atoms with E-state index in [2.05, 4.69) is 34.3 Å². The second-order valence-corrected chi connectivity index (χ2v) is 18.0. The Bertz CT molecular complexity index is 2490. The molecule has 0 saturated heterocycles. The number of aryl methyl sites for hydroxylation is 2. The molecule has 0 heterocycles. The Morgan fingerprint density at radius 2 is 1.31 bits per heavy atom. The van der Waals surface area contributed by atoms with Crippen LogP contribution in [0.25, 0.3) is 11.1 Å². The van der Waals surface area contributed by atoms with Gasteiger partial charge < -0.3 is 55.4 Å². The molecule has 0 bridgehead atoms. The van der Waals surface area contributed by atoms with Gasteiger partial charge in [0.2, 0.25) is 11.8 Å². The molecule has 0 spiro atoms. The molecule has 0 aliphatic carbocycles. The summed E-state index contributed by atoms with van der Waals surface area (Å²) < 4.78 is 33.6. The lowest BCUT2D eigenvalue weighted by Crippen LogP contribution is -2.52. The van der Waals surface area contributed by atoms with E-state index in [0.717, 1.165) is 58.6 Å². The summed E-state index contributed by atoms with van der Waals surface area (Å²) in [5.41, 5.74) is 12.6. The van der Waals surface area contributed by atoms with Crippen LogP contribution in [0.1, 0.15) is 87.2 Å². The van der Waals surface area contributed by atoms with Crippen LogP contribution in [0.3, 0.4) is 0 Å². The van der Waals surface area contributed by atoms with Crippen molar-refractivity contribution in [3.05, 3.63) is 137 Å². The summed E-state index contributed by atoms with van der Waals surface area (Å²) in [5.74, 6) is 1.88. The zero-order valence-electron chi connectivity index (χ0n) is 42.4. The number of hydrogen-bond donors (Lipinski definition) is 5. The van der Waals surface area contributed by atoms with Gasteiger partial charge in [-0.15, -0.1) is 0 Å². The summed E-state index contributed by atoms with van der Waals surface area (Å²) in [6.45, 7) is 8.40.